The van der Waals surface area contributed by atoms with E-state index in [-0.39, 0.29) is 5.78 Å². The van der Waals surface area contributed by atoms with Crippen molar-refractivity contribution in [1.29, 1.82) is 0 Å². The van der Waals surface area contributed by atoms with Crippen LogP contribution in [-0.2, 0) is 0 Å². The Morgan fingerprint density at radius 3 is 2.35 bits per heavy atom. The third kappa shape index (κ3) is 7.76. The number of unbranched alkanes of at least 4 members (excludes halogenated alkanes) is 7. The second-order valence-electron chi connectivity index (χ2n) is 5.16. The molecule has 1 aromatic rings. The summed E-state index contributed by atoms with van der Waals surface area (Å²) in [6.45, 7) is 2.24. The van der Waals surface area contributed by atoms with E-state index in [4.69, 9.17) is 0 Å². The molecule has 0 aromatic heterocycles. The van der Waals surface area contributed by atoms with E-state index in [0.29, 0.717) is 0 Å². The fourth-order valence-corrected chi connectivity index (χ4v) is 2.11. The predicted octanol–water partition coefficient (Wildman–Crippen LogP) is 5.72. The van der Waals surface area contributed by atoms with Crippen LogP contribution in [0.2, 0.25) is 0 Å². The fourth-order valence-electron chi connectivity index (χ4n) is 2.11. The highest BCUT2D eigenvalue weighted by atomic mass is 16.1. The molecule has 0 N–H and O–H groups in total. The van der Waals surface area contributed by atoms with Crippen molar-refractivity contribution in [2.45, 2.75) is 58.3 Å². The van der Waals surface area contributed by atoms with Crippen LogP contribution in [0.3, 0.4) is 0 Å². The topological polar surface area (TPSA) is 17.1 Å². The molecule has 108 valence electrons. The first-order chi connectivity index (χ1) is 9.84. The van der Waals surface area contributed by atoms with Gasteiger partial charge in [0, 0.05) is 11.6 Å². The summed E-state index contributed by atoms with van der Waals surface area (Å²) in [5.41, 5.74) is 3.72. The first-order valence-electron chi connectivity index (χ1n) is 7.85. The Bertz CT molecular complexity index is 424. The number of rotatable bonds is 10. The molecule has 0 aliphatic carbocycles. The van der Waals surface area contributed by atoms with Gasteiger partial charge in [-0.1, -0.05) is 75.8 Å². The summed E-state index contributed by atoms with van der Waals surface area (Å²) >= 11 is 0. The van der Waals surface area contributed by atoms with Gasteiger partial charge in [0.15, 0.2) is 5.78 Å². The molecule has 0 heterocycles. The second-order valence-corrected chi connectivity index (χ2v) is 5.16. The van der Waals surface area contributed by atoms with Crippen LogP contribution in [0.4, 0.5) is 0 Å². The summed E-state index contributed by atoms with van der Waals surface area (Å²) in [7, 11) is 0. The summed E-state index contributed by atoms with van der Waals surface area (Å²) in [6, 6.07) is 9.33. The quantitative estimate of drug-likeness (QED) is 0.230. The lowest BCUT2D eigenvalue weighted by Crippen LogP contribution is -1.91. The van der Waals surface area contributed by atoms with E-state index in [1.807, 2.05) is 36.4 Å². The van der Waals surface area contributed by atoms with Crippen molar-refractivity contribution in [2.24, 2.45) is 0 Å². The van der Waals surface area contributed by atoms with E-state index in [1.165, 1.54) is 51.0 Å². The molecule has 0 bridgehead atoms. The van der Waals surface area contributed by atoms with Crippen molar-refractivity contribution in [3.63, 3.8) is 0 Å². The third-order valence-electron chi connectivity index (χ3n) is 3.34. The van der Waals surface area contributed by atoms with Gasteiger partial charge < -0.3 is 0 Å². The molecule has 1 aromatic carbocycles. The maximum Gasteiger partial charge on any atom is 0.193 e. The van der Waals surface area contributed by atoms with Crippen molar-refractivity contribution in [2.75, 3.05) is 0 Å². The number of ketones is 1. The van der Waals surface area contributed by atoms with Crippen LogP contribution in [0, 0.1) is 0 Å². The lowest BCUT2D eigenvalue weighted by molar-refractivity contribution is 0.104. The summed E-state index contributed by atoms with van der Waals surface area (Å²) in [6.07, 6.45) is 13.8. The molecule has 1 nitrogen and oxygen atoms in total. The molecule has 1 heteroatoms. The molecule has 0 saturated heterocycles. The average molecular weight is 270 g/mol. The first-order valence-corrected chi connectivity index (χ1v) is 7.85. The summed E-state index contributed by atoms with van der Waals surface area (Å²) in [4.78, 5) is 11.7. The minimum absolute atomic E-state index is 0.0291. The number of benzene rings is 1. The van der Waals surface area contributed by atoms with E-state index in [9.17, 15) is 4.79 Å². The van der Waals surface area contributed by atoms with E-state index < -0.39 is 0 Å². The standard InChI is InChI=1S/C19H26O/c1-2-3-4-5-6-7-8-9-10-14-17-19(20)18-15-12-11-13-16-18/h10-13,15-17H,2-9H2,1H3. The van der Waals surface area contributed by atoms with E-state index >= 15 is 0 Å². The van der Waals surface area contributed by atoms with Gasteiger partial charge in [-0.3, -0.25) is 4.79 Å². The van der Waals surface area contributed by atoms with Crippen LogP contribution >= 0.6 is 0 Å². The van der Waals surface area contributed by atoms with E-state index in [1.54, 1.807) is 0 Å². The van der Waals surface area contributed by atoms with Crippen molar-refractivity contribution in [3.05, 3.63) is 53.8 Å². The summed E-state index contributed by atoms with van der Waals surface area (Å²) in [5.74, 6) is 0.0291. The molecule has 0 aliphatic heterocycles. The van der Waals surface area contributed by atoms with Gasteiger partial charge in [0.1, 0.15) is 0 Å². The molecule has 1 rings (SSSR count). The molecule has 0 amide bonds. The highest BCUT2D eigenvalue weighted by Gasteiger charge is 1.97. The van der Waals surface area contributed by atoms with Crippen LogP contribution in [0.5, 0.6) is 0 Å². The minimum Gasteiger partial charge on any atom is -0.289 e. The van der Waals surface area contributed by atoms with Crippen molar-refractivity contribution in [3.8, 4) is 0 Å². The molecule has 20 heavy (non-hydrogen) atoms. The molecular formula is C19H26O. The van der Waals surface area contributed by atoms with Gasteiger partial charge in [0.25, 0.3) is 0 Å². The normalized spacial score (nSPS) is 9.85. The van der Waals surface area contributed by atoms with Crippen LogP contribution in [0.15, 0.2) is 48.2 Å². The van der Waals surface area contributed by atoms with Crippen LogP contribution < -0.4 is 0 Å². The zero-order valence-corrected chi connectivity index (χ0v) is 12.6. The lowest BCUT2D eigenvalue weighted by atomic mass is 10.1. The van der Waals surface area contributed by atoms with Crippen LogP contribution in [0.25, 0.3) is 0 Å². The minimum atomic E-state index is 0.0291. The molecule has 0 saturated carbocycles. The predicted molar refractivity (Wildman–Crippen MR) is 86.0 cm³/mol. The van der Waals surface area contributed by atoms with Crippen molar-refractivity contribution >= 4 is 5.78 Å². The zero-order valence-electron chi connectivity index (χ0n) is 12.6. The Morgan fingerprint density at radius 1 is 1.00 bits per heavy atom. The number of carbonyl (C=O) groups is 1. The van der Waals surface area contributed by atoms with Gasteiger partial charge in [-0.05, 0) is 18.9 Å². The highest BCUT2D eigenvalue weighted by Crippen LogP contribution is 2.08. The largest absolute Gasteiger partial charge is 0.289 e. The molecule has 0 radical (unpaired) electrons. The van der Waals surface area contributed by atoms with E-state index in [2.05, 4.69) is 12.7 Å². The maximum absolute atomic E-state index is 11.7. The zero-order chi connectivity index (χ0) is 14.5. The molecule has 0 fully saturated rings. The fraction of sp³-hybridized carbons (Fsp3) is 0.474. The number of hydrogen-bond acceptors (Lipinski definition) is 1. The second kappa shape index (κ2) is 11.3. The maximum atomic E-state index is 11.7. The molecular weight excluding hydrogens is 244 g/mol. The number of hydrogen-bond donors (Lipinski definition) is 0. The van der Waals surface area contributed by atoms with Gasteiger partial charge in [-0.15, -0.1) is 5.73 Å². The summed E-state index contributed by atoms with van der Waals surface area (Å²) in [5, 5.41) is 0. The van der Waals surface area contributed by atoms with Gasteiger partial charge in [-0.2, -0.15) is 0 Å². The summed E-state index contributed by atoms with van der Waals surface area (Å²) < 4.78 is 0. The third-order valence-corrected chi connectivity index (χ3v) is 3.34. The Morgan fingerprint density at radius 2 is 1.65 bits per heavy atom. The van der Waals surface area contributed by atoms with Crippen molar-refractivity contribution < 1.29 is 4.79 Å². The SMILES string of the molecule is CCCCCCCCCC=C=CC(=O)c1ccccc1. The van der Waals surface area contributed by atoms with Crippen molar-refractivity contribution in [1.82, 2.24) is 0 Å². The highest BCUT2D eigenvalue weighted by molar-refractivity contribution is 6.04. The van der Waals surface area contributed by atoms with Crippen LogP contribution in [-0.4, -0.2) is 5.78 Å². The van der Waals surface area contributed by atoms with Gasteiger partial charge in [0.05, 0.1) is 0 Å². The molecule has 0 aliphatic rings. The molecule has 0 atom stereocenters. The van der Waals surface area contributed by atoms with Gasteiger partial charge in [-0.25, -0.2) is 0 Å². The van der Waals surface area contributed by atoms with E-state index in [0.717, 1.165) is 12.0 Å². The molecule has 0 spiro atoms. The monoisotopic (exact) mass is 270 g/mol. The number of carbonyl (C=O) groups excluding carboxylic acids is 1. The lowest BCUT2D eigenvalue weighted by Gasteiger charge is -1.98. The average Bonchev–Trinajstić information content (AvgIpc) is 2.50. The Kier molecular flexibility index (Phi) is 9.26. The Labute approximate surface area is 123 Å². The van der Waals surface area contributed by atoms with Crippen LogP contribution in [0.1, 0.15) is 68.6 Å². The Balaban J connectivity index is 2.12. The van der Waals surface area contributed by atoms with Gasteiger partial charge >= 0.3 is 0 Å². The molecule has 0 unspecified atom stereocenters. The van der Waals surface area contributed by atoms with Gasteiger partial charge in [0.2, 0.25) is 0 Å². The smallest absolute Gasteiger partial charge is 0.193 e. The number of allylic oxidation sites excluding steroid dienone is 1. The first kappa shape index (κ1) is 16.5. The Hall–Kier alpha value is -1.59.